The summed E-state index contributed by atoms with van der Waals surface area (Å²) < 4.78 is 11.2. The van der Waals surface area contributed by atoms with Crippen LogP contribution in [0.1, 0.15) is 52.0 Å². The molecule has 0 saturated heterocycles. The first-order valence-corrected chi connectivity index (χ1v) is 8.89. The highest BCUT2D eigenvalue weighted by molar-refractivity contribution is 6.03. The molecule has 1 aliphatic heterocycles. The zero-order valence-corrected chi connectivity index (χ0v) is 15.7. The van der Waals surface area contributed by atoms with Gasteiger partial charge in [0.1, 0.15) is 11.3 Å². The first kappa shape index (κ1) is 18.2. The van der Waals surface area contributed by atoms with Gasteiger partial charge in [-0.3, -0.25) is 4.79 Å². The van der Waals surface area contributed by atoms with Crippen LogP contribution in [0.2, 0.25) is 0 Å². The smallest absolute Gasteiger partial charge is 0.340 e. The van der Waals surface area contributed by atoms with Gasteiger partial charge in [-0.15, -0.1) is 0 Å². The molecule has 1 heterocycles. The van der Waals surface area contributed by atoms with Gasteiger partial charge < -0.3 is 15.2 Å². The standard InChI is InChI=1S/C21H25NO4/c1-12(2)25-20(24)18-16(13-8-6-5-7-9-13)17-14(23)10-21(3,4)11-15(17)26-19(18)22/h5-9,12,16H,10-11,22H2,1-4H3/t16-/m0/s1. The fourth-order valence-corrected chi connectivity index (χ4v) is 3.64. The molecular weight excluding hydrogens is 330 g/mol. The molecule has 1 aromatic carbocycles. The van der Waals surface area contributed by atoms with Crippen LogP contribution in [0.3, 0.4) is 0 Å². The lowest BCUT2D eigenvalue weighted by molar-refractivity contribution is -0.143. The predicted molar refractivity (Wildman–Crippen MR) is 97.8 cm³/mol. The molecule has 2 aliphatic rings. The molecule has 0 fully saturated rings. The third kappa shape index (κ3) is 3.39. The van der Waals surface area contributed by atoms with Crippen molar-refractivity contribution in [1.82, 2.24) is 0 Å². The van der Waals surface area contributed by atoms with E-state index in [1.807, 2.05) is 44.2 Å². The van der Waals surface area contributed by atoms with E-state index in [9.17, 15) is 9.59 Å². The molecule has 0 amide bonds. The van der Waals surface area contributed by atoms with Gasteiger partial charge in [0.2, 0.25) is 5.88 Å². The van der Waals surface area contributed by atoms with Crippen molar-refractivity contribution in [3.05, 3.63) is 58.7 Å². The van der Waals surface area contributed by atoms with Crippen LogP contribution >= 0.6 is 0 Å². The minimum atomic E-state index is -0.560. The molecule has 0 spiro atoms. The molecule has 3 rings (SSSR count). The van der Waals surface area contributed by atoms with Crippen molar-refractivity contribution in [2.45, 2.75) is 52.6 Å². The minimum Gasteiger partial charge on any atom is -0.459 e. The Labute approximate surface area is 153 Å². The number of rotatable bonds is 3. The second-order valence-electron chi connectivity index (χ2n) is 7.96. The van der Waals surface area contributed by atoms with Gasteiger partial charge >= 0.3 is 5.97 Å². The van der Waals surface area contributed by atoms with Crippen molar-refractivity contribution in [3.8, 4) is 0 Å². The summed E-state index contributed by atoms with van der Waals surface area (Å²) in [5.41, 5.74) is 7.50. The van der Waals surface area contributed by atoms with E-state index in [-0.39, 0.29) is 28.8 Å². The number of ketones is 1. The molecule has 0 aromatic heterocycles. The monoisotopic (exact) mass is 355 g/mol. The Morgan fingerprint density at radius 1 is 1.23 bits per heavy atom. The number of carbonyl (C=O) groups is 2. The van der Waals surface area contributed by atoms with E-state index in [2.05, 4.69) is 0 Å². The van der Waals surface area contributed by atoms with Gasteiger partial charge in [0.25, 0.3) is 0 Å². The largest absolute Gasteiger partial charge is 0.459 e. The lowest BCUT2D eigenvalue weighted by Gasteiger charge is -2.38. The summed E-state index contributed by atoms with van der Waals surface area (Å²) in [5, 5.41) is 0. The van der Waals surface area contributed by atoms with Crippen LogP contribution in [-0.4, -0.2) is 17.9 Å². The van der Waals surface area contributed by atoms with E-state index in [0.29, 0.717) is 24.2 Å². The van der Waals surface area contributed by atoms with Crippen LogP contribution in [0.25, 0.3) is 0 Å². The fourth-order valence-electron chi connectivity index (χ4n) is 3.64. The molecule has 5 nitrogen and oxygen atoms in total. The van der Waals surface area contributed by atoms with Crippen LogP contribution in [0, 0.1) is 5.41 Å². The van der Waals surface area contributed by atoms with E-state index in [1.165, 1.54) is 0 Å². The van der Waals surface area contributed by atoms with Crippen LogP contribution in [-0.2, 0) is 19.1 Å². The number of hydrogen-bond acceptors (Lipinski definition) is 5. The van der Waals surface area contributed by atoms with E-state index >= 15 is 0 Å². The summed E-state index contributed by atoms with van der Waals surface area (Å²) in [5.74, 6) is -0.523. The third-order valence-electron chi connectivity index (χ3n) is 4.65. The third-order valence-corrected chi connectivity index (χ3v) is 4.65. The second kappa shape index (κ2) is 6.63. The molecule has 0 saturated carbocycles. The first-order valence-electron chi connectivity index (χ1n) is 8.89. The number of nitrogens with two attached hydrogens (primary N) is 1. The molecular formula is C21H25NO4. The summed E-state index contributed by atoms with van der Waals surface area (Å²) >= 11 is 0. The van der Waals surface area contributed by atoms with Gasteiger partial charge in [0, 0.05) is 18.4 Å². The maximum absolute atomic E-state index is 13.0. The minimum absolute atomic E-state index is 0.00699. The molecule has 1 atom stereocenters. The molecule has 1 aliphatic carbocycles. The van der Waals surface area contributed by atoms with Crippen molar-refractivity contribution in [1.29, 1.82) is 0 Å². The summed E-state index contributed by atoms with van der Waals surface area (Å²) in [7, 11) is 0. The topological polar surface area (TPSA) is 78.6 Å². The highest BCUT2D eigenvalue weighted by Crippen LogP contribution is 2.48. The molecule has 0 unspecified atom stereocenters. The Morgan fingerprint density at radius 2 is 1.88 bits per heavy atom. The van der Waals surface area contributed by atoms with Gasteiger partial charge in [0.05, 0.1) is 12.0 Å². The molecule has 5 heteroatoms. The van der Waals surface area contributed by atoms with Crippen molar-refractivity contribution < 1.29 is 19.1 Å². The Balaban J connectivity index is 2.14. The van der Waals surface area contributed by atoms with Gasteiger partial charge in [-0.2, -0.15) is 0 Å². The van der Waals surface area contributed by atoms with Crippen LogP contribution < -0.4 is 5.73 Å². The summed E-state index contributed by atoms with van der Waals surface area (Å²) in [6, 6.07) is 9.43. The van der Waals surface area contributed by atoms with Crippen LogP contribution in [0.15, 0.2) is 53.1 Å². The molecule has 1 aromatic rings. The quantitative estimate of drug-likeness (QED) is 0.839. The van der Waals surface area contributed by atoms with Gasteiger partial charge in [-0.05, 0) is 24.8 Å². The Hall–Kier alpha value is -2.56. The average Bonchev–Trinajstić information content (AvgIpc) is 2.52. The lowest BCUT2D eigenvalue weighted by atomic mass is 9.70. The van der Waals surface area contributed by atoms with Crippen LogP contribution in [0.4, 0.5) is 0 Å². The number of carbonyl (C=O) groups excluding carboxylic acids is 2. The normalized spacial score (nSPS) is 22.2. The van der Waals surface area contributed by atoms with E-state index in [0.717, 1.165) is 5.56 Å². The van der Waals surface area contributed by atoms with E-state index < -0.39 is 11.9 Å². The van der Waals surface area contributed by atoms with Crippen LogP contribution in [0.5, 0.6) is 0 Å². The maximum atomic E-state index is 13.0. The summed E-state index contributed by atoms with van der Waals surface area (Å²) in [4.78, 5) is 25.7. The maximum Gasteiger partial charge on any atom is 0.340 e. The Bertz CT molecular complexity index is 803. The Kier molecular flexibility index (Phi) is 4.65. The second-order valence-corrected chi connectivity index (χ2v) is 7.96. The lowest BCUT2D eigenvalue weighted by Crippen LogP contribution is -2.36. The predicted octanol–water partition coefficient (Wildman–Crippen LogP) is 3.57. The zero-order valence-electron chi connectivity index (χ0n) is 15.7. The van der Waals surface area contributed by atoms with Gasteiger partial charge in [-0.1, -0.05) is 44.2 Å². The summed E-state index contributed by atoms with van der Waals surface area (Å²) in [6.45, 7) is 7.60. The fraction of sp³-hybridized carbons (Fsp3) is 0.429. The number of hydrogen-bond donors (Lipinski definition) is 1. The molecule has 138 valence electrons. The average molecular weight is 355 g/mol. The SMILES string of the molecule is CC(C)OC(=O)C1=C(N)OC2=C(C(=O)CC(C)(C)C2)[C@@H]1c1ccccc1. The number of Topliss-reactive ketones (excluding diaryl/α,β-unsaturated/α-hetero) is 1. The molecule has 0 radical (unpaired) electrons. The Morgan fingerprint density at radius 3 is 2.50 bits per heavy atom. The highest BCUT2D eigenvalue weighted by atomic mass is 16.5. The van der Waals surface area contributed by atoms with E-state index in [1.54, 1.807) is 13.8 Å². The van der Waals surface area contributed by atoms with E-state index in [4.69, 9.17) is 15.2 Å². The molecule has 0 bridgehead atoms. The molecule has 26 heavy (non-hydrogen) atoms. The number of allylic oxidation sites excluding steroid dienone is 2. The van der Waals surface area contributed by atoms with Crippen molar-refractivity contribution in [3.63, 3.8) is 0 Å². The zero-order chi connectivity index (χ0) is 19.1. The number of esters is 1. The number of benzene rings is 1. The first-order chi connectivity index (χ1) is 12.2. The van der Waals surface area contributed by atoms with Crippen molar-refractivity contribution in [2.75, 3.05) is 0 Å². The van der Waals surface area contributed by atoms with Gasteiger partial charge in [-0.25, -0.2) is 4.79 Å². The van der Waals surface area contributed by atoms with Crippen molar-refractivity contribution >= 4 is 11.8 Å². The molecule has 2 N–H and O–H groups in total. The highest BCUT2D eigenvalue weighted by Gasteiger charge is 2.45. The number of ether oxygens (including phenoxy) is 2. The summed E-state index contributed by atoms with van der Waals surface area (Å²) in [6.07, 6.45) is 0.714. The van der Waals surface area contributed by atoms with Crippen molar-refractivity contribution in [2.24, 2.45) is 11.1 Å². The van der Waals surface area contributed by atoms with Gasteiger partial charge in [0.15, 0.2) is 5.78 Å².